The normalized spacial score (nSPS) is 17.6. The van der Waals surface area contributed by atoms with E-state index in [-0.39, 0.29) is 19.1 Å². The first-order valence-electron chi connectivity index (χ1n) is 11.0. The number of carbonyl (C=O) groups is 3. The number of esters is 1. The van der Waals surface area contributed by atoms with Crippen LogP contribution in [0.4, 0.5) is 10.5 Å². The van der Waals surface area contributed by atoms with Crippen LogP contribution in [0.25, 0.3) is 0 Å². The molecule has 0 fully saturated rings. The van der Waals surface area contributed by atoms with E-state index < -0.39 is 18.0 Å². The Morgan fingerprint density at radius 2 is 1.85 bits per heavy atom. The molecule has 172 valence electrons. The second-order valence-corrected chi connectivity index (χ2v) is 8.23. The van der Waals surface area contributed by atoms with Crippen molar-refractivity contribution in [2.24, 2.45) is 0 Å². The summed E-state index contributed by atoms with van der Waals surface area (Å²) in [6, 6.07) is 13.6. The van der Waals surface area contributed by atoms with E-state index in [1.807, 2.05) is 31.2 Å². The molecule has 0 spiro atoms. The van der Waals surface area contributed by atoms with Crippen molar-refractivity contribution in [2.45, 2.75) is 32.7 Å². The van der Waals surface area contributed by atoms with Crippen molar-refractivity contribution in [3.63, 3.8) is 0 Å². The van der Waals surface area contributed by atoms with Gasteiger partial charge in [0.25, 0.3) is 0 Å². The quantitative estimate of drug-likeness (QED) is 0.628. The Labute approximate surface area is 192 Å². The summed E-state index contributed by atoms with van der Waals surface area (Å²) in [7, 11) is 0. The largest absolute Gasteiger partial charge is 0.494 e. The maximum atomic E-state index is 12.9. The zero-order valence-electron chi connectivity index (χ0n) is 18.9. The van der Waals surface area contributed by atoms with Gasteiger partial charge in [0, 0.05) is 5.69 Å². The average Bonchev–Trinajstić information content (AvgIpc) is 3.18. The Hall–Kier alpha value is -3.81. The van der Waals surface area contributed by atoms with Crippen molar-refractivity contribution < 1.29 is 23.9 Å². The first-order chi connectivity index (χ1) is 15.9. The molecule has 0 saturated carbocycles. The Bertz CT molecular complexity index is 1090. The molecule has 0 unspecified atom stereocenters. The van der Waals surface area contributed by atoms with E-state index >= 15 is 0 Å². The van der Waals surface area contributed by atoms with Gasteiger partial charge in [-0.25, -0.2) is 9.59 Å². The summed E-state index contributed by atoms with van der Waals surface area (Å²) in [6.45, 7) is 6.35. The number of rotatable bonds is 7. The molecule has 2 aliphatic rings. The van der Waals surface area contributed by atoms with E-state index in [0.29, 0.717) is 35.2 Å². The SMILES string of the molecule is CCOc1ccc([C@H]2NC(=O)N(CC(=O)Nc3ccc(C(C)C)cc3)C3=C2C(=O)OC3)cc1. The Balaban J connectivity index is 1.52. The molecule has 3 amide bonds. The smallest absolute Gasteiger partial charge is 0.338 e. The average molecular weight is 450 g/mol. The van der Waals surface area contributed by atoms with Crippen LogP contribution in [-0.4, -0.2) is 42.6 Å². The first-order valence-corrected chi connectivity index (χ1v) is 11.0. The van der Waals surface area contributed by atoms with Crippen LogP contribution in [0, 0.1) is 0 Å². The second kappa shape index (κ2) is 9.36. The second-order valence-electron chi connectivity index (χ2n) is 8.23. The van der Waals surface area contributed by atoms with Gasteiger partial charge in [0.2, 0.25) is 5.91 Å². The van der Waals surface area contributed by atoms with Crippen molar-refractivity contribution >= 4 is 23.6 Å². The summed E-state index contributed by atoms with van der Waals surface area (Å²) >= 11 is 0. The topological polar surface area (TPSA) is 97.0 Å². The molecule has 2 N–H and O–H groups in total. The number of amides is 3. The number of ether oxygens (including phenoxy) is 2. The Morgan fingerprint density at radius 3 is 2.48 bits per heavy atom. The number of cyclic esters (lactones) is 1. The van der Waals surface area contributed by atoms with E-state index in [1.165, 1.54) is 10.5 Å². The van der Waals surface area contributed by atoms with Gasteiger partial charge >= 0.3 is 12.0 Å². The molecule has 0 bridgehead atoms. The Kier molecular flexibility index (Phi) is 6.35. The molecule has 1 atom stereocenters. The van der Waals surface area contributed by atoms with E-state index in [0.717, 1.165) is 5.56 Å². The fourth-order valence-corrected chi connectivity index (χ4v) is 3.95. The van der Waals surface area contributed by atoms with Crippen LogP contribution in [-0.2, 0) is 14.3 Å². The summed E-state index contributed by atoms with van der Waals surface area (Å²) < 4.78 is 10.7. The molecule has 8 nitrogen and oxygen atoms in total. The third-order valence-corrected chi connectivity index (χ3v) is 5.69. The van der Waals surface area contributed by atoms with E-state index in [2.05, 4.69) is 24.5 Å². The highest BCUT2D eigenvalue weighted by atomic mass is 16.5. The lowest BCUT2D eigenvalue weighted by molar-refractivity contribution is -0.136. The number of carbonyl (C=O) groups excluding carboxylic acids is 3. The molecule has 2 aromatic carbocycles. The van der Waals surface area contributed by atoms with Crippen LogP contribution in [0.3, 0.4) is 0 Å². The van der Waals surface area contributed by atoms with Crippen molar-refractivity contribution in [3.8, 4) is 5.75 Å². The molecule has 0 radical (unpaired) electrons. The van der Waals surface area contributed by atoms with Gasteiger partial charge in [0.15, 0.2) is 0 Å². The zero-order chi connectivity index (χ0) is 23.5. The van der Waals surface area contributed by atoms with E-state index in [9.17, 15) is 14.4 Å². The number of hydrogen-bond donors (Lipinski definition) is 2. The predicted molar refractivity (Wildman–Crippen MR) is 123 cm³/mol. The van der Waals surface area contributed by atoms with Gasteiger partial charge in [-0.1, -0.05) is 38.1 Å². The molecular formula is C25H27N3O5. The van der Waals surface area contributed by atoms with Crippen molar-refractivity contribution in [1.82, 2.24) is 10.2 Å². The van der Waals surface area contributed by atoms with E-state index in [1.54, 1.807) is 24.3 Å². The van der Waals surface area contributed by atoms with Crippen LogP contribution >= 0.6 is 0 Å². The molecule has 2 heterocycles. The van der Waals surface area contributed by atoms with E-state index in [4.69, 9.17) is 9.47 Å². The van der Waals surface area contributed by atoms with Gasteiger partial charge in [0.1, 0.15) is 18.9 Å². The number of nitrogens with one attached hydrogen (secondary N) is 2. The Morgan fingerprint density at radius 1 is 1.15 bits per heavy atom. The molecule has 2 aromatic rings. The molecule has 4 rings (SSSR count). The third kappa shape index (κ3) is 4.69. The number of benzene rings is 2. The van der Waals surface area contributed by atoms with Crippen molar-refractivity contribution in [2.75, 3.05) is 25.1 Å². The van der Waals surface area contributed by atoms with Crippen LogP contribution in [0.1, 0.15) is 43.9 Å². The van der Waals surface area contributed by atoms with Crippen LogP contribution in [0.2, 0.25) is 0 Å². The fraction of sp³-hybridized carbons (Fsp3) is 0.320. The molecule has 2 aliphatic heterocycles. The zero-order valence-corrected chi connectivity index (χ0v) is 18.9. The fourth-order valence-electron chi connectivity index (χ4n) is 3.95. The predicted octanol–water partition coefficient (Wildman–Crippen LogP) is 3.72. The van der Waals surface area contributed by atoms with Gasteiger partial charge in [0.05, 0.1) is 23.9 Å². The molecular weight excluding hydrogens is 422 g/mol. The first kappa shape index (κ1) is 22.4. The third-order valence-electron chi connectivity index (χ3n) is 5.69. The monoisotopic (exact) mass is 449 g/mol. The maximum Gasteiger partial charge on any atom is 0.338 e. The molecule has 33 heavy (non-hydrogen) atoms. The van der Waals surface area contributed by atoms with Crippen LogP contribution < -0.4 is 15.4 Å². The van der Waals surface area contributed by atoms with Gasteiger partial charge in [-0.3, -0.25) is 9.69 Å². The van der Waals surface area contributed by atoms with Crippen molar-refractivity contribution in [1.29, 1.82) is 0 Å². The number of hydrogen-bond acceptors (Lipinski definition) is 5. The van der Waals surface area contributed by atoms with Gasteiger partial charge in [-0.2, -0.15) is 0 Å². The minimum atomic E-state index is -0.652. The van der Waals surface area contributed by atoms with Crippen LogP contribution in [0.5, 0.6) is 5.75 Å². The standard InChI is InChI=1S/C25H27N3O5/c1-4-32-19-11-7-17(8-12-19)23-22-20(14-33-24(22)30)28(25(31)27-23)13-21(29)26-18-9-5-16(6-10-18)15(2)3/h5-12,15,23H,4,13-14H2,1-3H3,(H,26,29)(H,27,31)/t23-/m1/s1. The number of anilines is 1. The molecule has 0 aromatic heterocycles. The summed E-state index contributed by atoms with van der Waals surface area (Å²) in [6.07, 6.45) is 0. The summed E-state index contributed by atoms with van der Waals surface area (Å²) in [5.74, 6) is 0.221. The van der Waals surface area contributed by atoms with Gasteiger partial charge < -0.3 is 20.1 Å². The summed E-state index contributed by atoms with van der Waals surface area (Å²) in [5.41, 5.74) is 3.29. The lowest BCUT2D eigenvalue weighted by Gasteiger charge is -2.32. The minimum Gasteiger partial charge on any atom is -0.494 e. The molecule has 0 saturated heterocycles. The lowest BCUT2D eigenvalue weighted by atomic mass is 9.95. The summed E-state index contributed by atoms with van der Waals surface area (Å²) in [4.78, 5) is 39.3. The van der Waals surface area contributed by atoms with Gasteiger partial charge in [-0.05, 0) is 48.2 Å². The molecule has 8 heteroatoms. The molecule has 0 aliphatic carbocycles. The minimum absolute atomic E-state index is 0.0501. The number of nitrogens with zero attached hydrogens (tertiary/aromatic N) is 1. The number of urea groups is 1. The highest BCUT2D eigenvalue weighted by molar-refractivity contribution is 6.00. The van der Waals surface area contributed by atoms with Crippen molar-refractivity contribution in [3.05, 3.63) is 70.9 Å². The highest BCUT2D eigenvalue weighted by Crippen LogP contribution is 2.35. The van der Waals surface area contributed by atoms with Crippen LogP contribution in [0.15, 0.2) is 59.8 Å². The van der Waals surface area contributed by atoms with Gasteiger partial charge in [-0.15, -0.1) is 0 Å². The highest BCUT2D eigenvalue weighted by Gasteiger charge is 2.42. The summed E-state index contributed by atoms with van der Waals surface area (Å²) in [5, 5.41) is 5.64. The lowest BCUT2D eigenvalue weighted by Crippen LogP contribution is -2.49. The maximum absolute atomic E-state index is 12.9.